The minimum absolute atomic E-state index is 0.365. The van der Waals surface area contributed by atoms with Crippen LogP contribution in [0.25, 0.3) is 0 Å². The molecular formula is C23H39N3O3. The van der Waals surface area contributed by atoms with Crippen molar-refractivity contribution in [2.75, 3.05) is 86.8 Å². The summed E-state index contributed by atoms with van der Waals surface area (Å²) >= 11 is 0. The number of nitrogens with zero attached hydrogens (tertiary/aromatic N) is 3. The Hall–Kier alpha value is -0.240. The standard InChI is InChI=1S/C23H39N3O3/c1-24-10-21(11-24)6-17(8-27-16-21)19-7-23(14-26(3)15-23)18(9-29-19)20-22(4-5-28-20)12-25(2)13-22/h17-20H,4-16H2,1-3H3. The maximum Gasteiger partial charge on any atom is 0.0713 e. The van der Waals surface area contributed by atoms with Crippen molar-refractivity contribution in [3.8, 4) is 0 Å². The predicted octanol–water partition coefficient (Wildman–Crippen LogP) is 1.01. The van der Waals surface area contributed by atoms with Gasteiger partial charge >= 0.3 is 0 Å². The second-order valence-corrected chi connectivity index (χ2v) is 11.9. The Labute approximate surface area is 175 Å². The third kappa shape index (κ3) is 2.97. The van der Waals surface area contributed by atoms with Crippen LogP contribution in [0.4, 0.5) is 0 Å². The Morgan fingerprint density at radius 3 is 2.14 bits per heavy atom. The molecule has 6 heterocycles. The molecule has 4 atom stereocenters. The lowest BCUT2D eigenvalue weighted by molar-refractivity contribution is -0.227. The van der Waals surface area contributed by atoms with Crippen LogP contribution in [0.5, 0.6) is 0 Å². The van der Waals surface area contributed by atoms with Crippen LogP contribution < -0.4 is 0 Å². The summed E-state index contributed by atoms with van der Waals surface area (Å²) in [6, 6.07) is 0. The number of ether oxygens (including phenoxy) is 3. The summed E-state index contributed by atoms with van der Waals surface area (Å²) in [5.74, 6) is 1.12. The van der Waals surface area contributed by atoms with Crippen LogP contribution in [0.3, 0.4) is 0 Å². The van der Waals surface area contributed by atoms with Crippen LogP contribution >= 0.6 is 0 Å². The van der Waals surface area contributed by atoms with E-state index in [9.17, 15) is 0 Å². The average Bonchev–Trinajstić information content (AvgIpc) is 3.04. The van der Waals surface area contributed by atoms with Crippen LogP contribution in [0.1, 0.15) is 19.3 Å². The van der Waals surface area contributed by atoms with Crippen LogP contribution in [0.15, 0.2) is 0 Å². The van der Waals surface area contributed by atoms with Gasteiger partial charge in [0.05, 0.1) is 32.0 Å². The first kappa shape index (κ1) is 19.4. The molecule has 6 aliphatic heterocycles. The second-order valence-electron chi connectivity index (χ2n) is 11.9. The van der Waals surface area contributed by atoms with Gasteiger partial charge in [-0.05, 0) is 40.4 Å². The van der Waals surface area contributed by atoms with Gasteiger partial charge < -0.3 is 28.9 Å². The number of hydrogen-bond donors (Lipinski definition) is 0. The van der Waals surface area contributed by atoms with Gasteiger partial charge in [-0.2, -0.15) is 0 Å². The molecule has 164 valence electrons. The van der Waals surface area contributed by atoms with Gasteiger partial charge in [-0.1, -0.05) is 0 Å². The molecule has 0 aromatic rings. The predicted molar refractivity (Wildman–Crippen MR) is 111 cm³/mol. The SMILES string of the molecule is CN1CC2(COCC(C3CC4(CN(C)C4)C(C4OCCC45CN(C)C5)CO3)C2)C1. The number of rotatable bonds is 2. The third-order valence-electron chi connectivity index (χ3n) is 9.26. The van der Waals surface area contributed by atoms with Gasteiger partial charge in [-0.25, -0.2) is 0 Å². The normalized spacial score (nSPS) is 44.0. The first-order valence-electron chi connectivity index (χ1n) is 11.8. The van der Waals surface area contributed by atoms with E-state index in [1.54, 1.807) is 0 Å². The van der Waals surface area contributed by atoms with Crippen molar-refractivity contribution in [2.45, 2.75) is 31.5 Å². The van der Waals surface area contributed by atoms with Gasteiger partial charge in [0.2, 0.25) is 0 Å². The van der Waals surface area contributed by atoms with Gasteiger partial charge in [0.1, 0.15) is 0 Å². The lowest BCUT2D eigenvalue weighted by atomic mass is 9.56. The molecule has 0 amide bonds. The van der Waals surface area contributed by atoms with E-state index < -0.39 is 0 Å². The lowest BCUT2D eigenvalue weighted by Gasteiger charge is -2.62. The van der Waals surface area contributed by atoms with Gasteiger partial charge in [0, 0.05) is 74.0 Å². The zero-order valence-corrected chi connectivity index (χ0v) is 18.6. The Morgan fingerprint density at radius 2 is 1.45 bits per heavy atom. The minimum atomic E-state index is 0.365. The zero-order chi connectivity index (χ0) is 19.9. The van der Waals surface area contributed by atoms with E-state index >= 15 is 0 Å². The molecule has 6 heteroatoms. The Balaban J connectivity index is 1.18. The van der Waals surface area contributed by atoms with E-state index in [1.165, 1.54) is 58.5 Å². The first-order chi connectivity index (χ1) is 13.9. The highest BCUT2D eigenvalue weighted by atomic mass is 16.5. The monoisotopic (exact) mass is 405 g/mol. The molecule has 0 aromatic carbocycles. The molecule has 29 heavy (non-hydrogen) atoms. The van der Waals surface area contributed by atoms with Crippen LogP contribution in [0, 0.1) is 28.1 Å². The van der Waals surface area contributed by atoms with Crippen LogP contribution in [-0.2, 0) is 14.2 Å². The highest BCUT2D eigenvalue weighted by molar-refractivity contribution is 5.12. The highest BCUT2D eigenvalue weighted by Gasteiger charge is 2.62. The van der Waals surface area contributed by atoms with Crippen molar-refractivity contribution >= 4 is 0 Å². The summed E-state index contributed by atoms with van der Waals surface area (Å²) in [4.78, 5) is 7.39. The molecule has 6 saturated heterocycles. The van der Waals surface area contributed by atoms with Crippen molar-refractivity contribution in [1.82, 2.24) is 14.7 Å². The van der Waals surface area contributed by atoms with Gasteiger partial charge in [-0.3, -0.25) is 0 Å². The summed E-state index contributed by atoms with van der Waals surface area (Å²) in [6.45, 7) is 10.9. The van der Waals surface area contributed by atoms with Gasteiger partial charge in [0.25, 0.3) is 0 Å². The van der Waals surface area contributed by atoms with Crippen LogP contribution in [0.2, 0.25) is 0 Å². The van der Waals surface area contributed by atoms with Gasteiger partial charge in [0.15, 0.2) is 0 Å². The van der Waals surface area contributed by atoms with E-state index in [1.807, 2.05) is 0 Å². The Morgan fingerprint density at radius 1 is 0.759 bits per heavy atom. The summed E-state index contributed by atoms with van der Waals surface area (Å²) in [5.41, 5.74) is 1.18. The number of hydrogen-bond acceptors (Lipinski definition) is 6. The lowest BCUT2D eigenvalue weighted by Crippen LogP contribution is -2.70. The van der Waals surface area contributed by atoms with Crippen molar-refractivity contribution in [3.63, 3.8) is 0 Å². The van der Waals surface area contributed by atoms with Crippen molar-refractivity contribution in [1.29, 1.82) is 0 Å². The molecule has 6 fully saturated rings. The molecular weight excluding hydrogens is 366 g/mol. The molecule has 0 saturated carbocycles. The van der Waals surface area contributed by atoms with Crippen LogP contribution in [-0.4, -0.2) is 114 Å². The van der Waals surface area contributed by atoms with E-state index in [4.69, 9.17) is 14.2 Å². The fourth-order valence-electron chi connectivity index (χ4n) is 8.40. The quantitative estimate of drug-likeness (QED) is 0.683. The van der Waals surface area contributed by atoms with E-state index in [0.717, 1.165) is 26.4 Å². The Bertz CT molecular complexity index is 634. The van der Waals surface area contributed by atoms with E-state index in [0.29, 0.717) is 40.3 Å². The molecule has 6 aliphatic rings. The molecule has 4 unspecified atom stereocenters. The molecule has 0 aromatic heterocycles. The summed E-state index contributed by atoms with van der Waals surface area (Å²) < 4.78 is 19.3. The first-order valence-corrected chi connectivity index (χ1v) is 11.8. The average molecular weight is 406 g/mol. The largest absolute Gasteiger partial charge is 0.380 e. The van der Waals surface area contributed by atoms with E-state index in [2.05, 4.69) is 35.8 Å². The molecule has 0 N–H and O–H groups in total. The minimum Gasteiger partial charge on any atom is -0.380 e. The fraction of sp³-hybridized carbons (Fsp3) is 1.00. The zero-order valence-electron chi connectivity index (χ0n) is 18.6. The molecule has 0 aliphatic carbocycles. The van der Waals surface area contributed by atoms with Crippen molar-refractivity contribution in [3.05, 3.63) is 0 Å². The molecule has 0 bridgehead atoms. The highest BCUT2D eigenvalue weighted by Crippen LogP contribution is 2.56. The summed E-state index contributed by atoms with van der Waals surface area (Å²) in [6.07, 6.45) is 4.48. The molecule has 0 radical (unpaired) electrons. The third-order valence-corrected chi connectivity index (χ3v) is 9.26. The Kier molecular flexibility index (Phi) is 4.45. The smallest absolute Gasteiger partial charge is 0.0713 e. The van der Waals surface area contributed by atoms with Crippen molar-refractivity contribution in [2.24, 2.45) is 28.1 Å². The maximum atomic E-state index is 6.68. The maximum absolute atomic E-state index is 6.68. The second kappa shape index (κ2) is 6.63. The molecule has 6 nitrogen and oxygen atoms in total. The fourth-order valence-corrected chi connectivity index (χ4v) is 8.40. The topological polar surface area (TPSA) is 37.4 Å². The molecule has 6 rings (SSSR count). The molecule has 3 spiro atoms. The van der Waals surface area contributed by atoms with Crippen molar-refractivity contribution < 1.29 is 14.2 Å². The number of likely N-dealkylation sites (tertiary alicyclic amines) is 3. The van der Waals surface area contributed by atoms with E-state index in [-0.39, 0.29) is 0 Å². The summed E-state index contributed by atoms with van der Waals surface area (Å²) in [7, 11) is 6.75. The van der Waals surface area contributed by atoms with Gasteiger partial charge in [-0.15, -0.1) is 0 Å². The summed E-state index contributed by atoms with van der Waals surface area (Å²) in [5, 5.41) is 0.